The molecule has 0 fully saturated rings. The van der Waals surface area contributed by atoms with Crippen molar-refractivity contribution in [3.05, 3.63) is 0 Å². The number of amides is 3. The quantitative estimate of drug-likeness (QED) is 0.0490. The number of thioether (sulfide) groups is 1. The van der Waals surface area contributed by atoms with Gasteiger partial charge in [0.25, 0.3) is 0 Å². The van der Waals surface area contributed by atoms with E-state index in [0.717, 1.165) is 0 Å². The Kier molecular flexibility index (Phi) is 16.2. The number of hydrogen-bond donors (Lipinski definition) is 8. The second-order valence-electron chi connectivity index (χ2n) is 7.85. The van der Waals surface area contributed by atoms with Gasteiger partial charge in [0.1, 0.15) is 18.1 Å². The van der Waals surface area contributed by atoms with Crippen LogP contribution in [0.1, 0.15) is 39.5 Å². The number of nitrogens with one attached hydrogen (secondary N) is 3. The molecule has 14 heteroatoms. The maximum Gasteiger partial charge on any atom is 0.326 e. The summed E-state index contributed by atoms with van der Waals surface area (Å²) in [5.74, 6) is -2.74. The lowest BCUT2D eigenvalue weighted by molar-refractivity contribution is -0.143. The fourth-order valence-electron chi connectivity index (χ4n) is 2.84. The fourth-order valence-corrected chi connectivity index (χ4v) is 3.57. The van der Waals surface area contributed by atoms with Crippen LogP contribution in [0.2, 0.25) is 0 Å². The zero-order valence-corrected chi connectivity index (χ0v) is 21.7. The predicted molar refractivity (Wildman–Crippen MR) is 138 cm³/mol. The van der Waals surface area contributed by atoms with Crippen molar-refractivity contribution < 1.29 is 24.3 Å². The second-order valence-corrected chi connectivity index (χ2v) is 9.20. The van der Waals surface area contributed by atoms with Crippen molar-refractivity contribution in [2.75, 3.05) is 24.3 Å². The van der Waals surface area contributed by atoms with Gasteiger partial charge in [-0.1, -0.05) is 20.3 Å². The van der Waals surface area contributed by atoms with Crippen LogP contribution in [0.5, 0.6) is 0 Å². The summed E-state index contributed by atoms with van der Waals surface area (Å²) < 4.78 is 0. The van der Waals surface area contributed by atoms with E-state index in [9.17, 15) is 24.3 Å². The average Bonchev–Trinajstić information content (AvgIpc) is 2.79. The van der Waals surface area contributed by atoms with Gasteiger partial charge in [0.2, 0.25) is 17.7 Å². The Hall–Kier alpha value is -2.19. The van der Waals surface area contributed by atoms with Crippen LogP contribution in [0.15, 0.2) is 4.99 Å². The number of nitrogens with two attached hydrogens (primary N) is 3. The van der Waals surface area contributed by atoms with Crippen LogP contribution in [0.4, 0.5) is 0 Å². The highest BCUT2D eigenvalue weighted by molar-refractivity contribution is 7.98. The number of guanidine groups is 1. The molecule has 196 valence electrons. The molecular formula is C20H39N7O5S2. The van der Waals surface area contributed by atoms with Crippen LogP contribution in [0.25, 0.3) is 0 Å². The van der Waals surface area contributed by atoms with E-state index >= 15 is 0 Å². The van der Waals surface area contributed by atoms with Crippen LogP contribution in [0, 0.1) is 5.92 Å². The van der Waals surface area contributed by atoms with E-state index < -0.39 is 47.9 Å². The molecule has 0 saturated carbocycles. The number of carbonyl (C=O) groups is 4. The molecule has 0 bridgehead atoms. The largest absolute Gasteiger partial charge is 0.480 e. The molecular weight excluding hydrogens is 482 g/mol. The van der Waals surface area contributed by atoms with Crippen molar-refractivity contribution >= 4 is 54.0 Å². The number of rotatable bonds is 17. The molecule has 12 nitrogen and oxygen atoms in total. The summed E-state index contributed by atoms with van der Waals surface area (Å²) in [5, 5.41) is 17.1. The van der Waals surface area contributed by atoms with E-state index in [1.54, 1.807) is 6.92 Å². The SMILES string of the molecule is CCC(C)C(NC(=O)C(CCSC)NC(=O)C(CS)NC(=O)C(N)CCCN=C(N)N)C(=O)O. The number of carboxylic acids is 1. The van der Waals surface area contributed by atoms with Crippen molar-refractivity contribution in [2.45, 2.75) is 63.7 Å². The Bertz CT molecular complexity index is 707. The average molecular weight is 522 g/mol. The molecule has 0 rings (SSSR count). The first-order valence-corrected chi connectivity index (χ1v) is 13.1. The number of carbonyl (C=O) groups excluding carboxylic acids is 3. The van der Waals surface area contributed by atoms with Crippen molar-refractivity contribution in [3.63, 3.8) is 0 Å². The standard InChI is InChI=1S/C20H39N7O5S2/c1-4-11(2)15(19(31)32)27-17(29)13(7-9-34-3)25-18(30)14(10-33)26-16(28)12(21)6-5-8-24-20(22)23/h11-15,33H,4-10,21H2,1-3H3,(H,25,30)(H,26,28)(H,27,29)(H,31,32)(H4,22,23,24). The van der Waals surface area contributed by atoms with Crippen molar-refractivity contribution in [3.8, 4) is 0 Å². The molecule has 3 amide bonds. The summed E-state index contributed by atoms with van der Waals surface area (Å²) in [6.07, 6.45) is 3.46. The number of carboxylic acid groups (broad SMARTS) is 1. The minimum Gasteiger partial charge on any atom is -0.480 e. The van der Waals surface area contributed by atoms with E-state index in [4.69, 9.17) is 17.2 Å². The predicted octanol–water partition coefficient (Wildman–Crippen LogP) is -1.36. The Morgan fingerprint density at radius 1 is 1.03 bits per heavy atom. The highest BCUT2D eigenvalue weighted by Gasteiger charge is 2.31. The smallest absolute Gasteiger partial charge is 0.326 e. The maximum absolute atomic E-state index is 12.8. The molecule has 0 aromatic heterocycles. The number of thiol groups is 1. The fraction of sp³-hybridized carbons (Fsp3) is 0.750. The van der Waals surface area contributed by atoms with Crippen LogP contribution in [-0.4, -0.2) is 83.2 Å². The van der Waals surface area contributed by atoms with Crippen LogP contribution < -0.4 is 33.2 Å². The van der Waals surface area contributed by atoms with Crippen molar-refractivity contribution in [2.24, 2.45) is 28.1 Å². The monoisotopic (exact) mass is 521 g/mol. The maximum atomic E-state index is 12.8. The third-order valence-electron chi connectivity index (χ3n) is 5.14. The summed E-state index contributed by atoms with van der Waals surface area (Å²) in [7, 11) is 0. The summed E-state index contributed by atoms with van der Waals surface area (Å²) in [4.78, 5) is 53.4. The van der Waals surface area contributed by atoms with E-state index in [1.807, 2.05) is 13.2 Å². The minimum atomic E-state index is -1.15. The molecule has 0 aromatic carbocycles. The van der Waals surface area contributed by atoms with Gasteiger partial charge in [0.05, 0.1) is 6.04 Å². The lowest BCUT2D eigenvalue weighted by Crippen LogP contribution is -2.58. The van der Waals surface area contributed by atoms with Gasteiger partial charge in [-0.15, -0.1) is 0 Å². The van der Waals surface area contributed by atoms with Gasteiger partial charge >= 0.3 is 5.97 Å². The highest BCUT2D eigenvalue weighted by atomic mass is 32.2. The van der Waals surface area contributed by atoms with E-state index in [0.29, 0.717) is 31.6 Å². The molecule has 5 unspecified atom stereocenters. The molecule has 0 aliphatic rings. The van der Waals surface area contributed by atoms with Crippen LogP contribution >= 0.6 is 24.4 Å². The third-order valence-corrected chi connectivity index (χ3v) is 6.15. The number of aliphatic carboxylic acids is 1. The van der Waals surface area contributed by atoms with Crippen LogP contribution in [0.3, 0.4) is 0 Å². The number of nitrogens with zero attached hydrogens (tertiary/aromatic N) is 1. The molecule has 0 spiro atoms. The molecule has 34 heavy (non-hydrogen) atoms. The molecule has 0 saturated heterocycles. The summed E-state index contributed by atoms with van der Waals surface area (Å²) >= 11 is 5.61. The van der Waals surface area contributed by atoms with Crippen LogP contribution in [-0.2, 0) is 19.2 Å². The Morgan fingerprint density at radius 3 is 2.12 bits per heavy atom. The van der Waals surface area contributed by atoms with Gasteiger partial charge in [-0.05, 0) is 37.2 Å². The van der Waals surface area contributed by atoms with E-state index in [-0.39, 0.29) is 24.1 Å². The number of aliphatic imine (C=N–C) groups is 1. The topological polar surface area (TPSA) is 215 Å². The third kappa shape index (κ3) is 12.3. The number of hydrogen-bond acceptors (Lipinski definition) is 8. The summed E-state index contributed by atoms with van der Waals surface area (Å²) in [6.45, 7) is 3.87. The zero-order valence-electron chi connectivity index (χ0n) is 20.0. The Labute approximate surface area is 210 Å². The molecule has 5 atom stereocenters. The molecule has 0 aliphatic carbocycles. The first kappa shape index (κ1) is 31.8. The highest BCUT2D eigenvalue weighted by Crippen LogP contribution is 2.10. The first-order chi connectivity index (χ1) is 16.0. The van der Waals surface area contributed by atoms with E-state index in [1.165, 1.54) is 11.8 Å². The summed E-state index contributed by atoms with van der Waals surface area (Å²) in [5.41, 5.74) is 16.4. The van der Waals surface area contributed by atoms with Crippen molar-refractivity contribution in [1.82, 2.24) is 16.0 Å². The molecule has 10 N–H and O–H groups in total. The first-order valence-electron chi connectivity index (χ1n) is 11.0. The molecule has 0 aliphatic heterocycles. The minimum absolute atomic E-state index is 0.0280. The van der Waals surface area contributed by atoms with Gasteiger partial charge in [0.15, 0.2) is 5.96 Å². The van der Waals surface area contributed by atoms with Gasteiger partial charge in [-0.3, -0.25) is 19.4 Å². The van der Waals surface area contributed by atoms with Gasteiger partial charge in [-0.25, -0.2) is 4.79 Å². The van der Waals surface area contributed by atoms with Crippen molar-refractivity contribution in [1.29, 1.82) is 0 Å². The second kappa shape index (κ2) is 17.3. The summed E-state index contributed by atoms with van der Waals surface area (Å²) in [6, 6.07) is -3.97. The lowest BCUT2D eigenvalue weighted by Gasteiger charge is -2.26. The molecule has 0 aromatic rings. The molecule has 0 radical (unpaired) electrons. The molecule has 0 heterocycles. The zero-order chi connectivity index (χ0) is 26.3. The van der Waals surface area contributed by atoms with Gasteiger partial charge < -0.3 is 38.3 Å². The Balaban J connectivity index is 5.14. The van der Waals surface area contributed by atoms with Gasteiger partial charge in [0, 0.05) is 12.3 Å². The Morgan fingerprint density at radius 2 is 1.62 bits per heavy atom. The van der Waals surface area contributed by atoms with E-state index in [2.05, 4.69) is 33.6 Å². The lowest BCUT2D eigenvalue weighted by atomic mass is 9.98. The normalized spacial score (nSPS) is 15.2. The van der Waals surface area contributed by atoms with Gasteiger partial charge in [-0.2, -0.15) is 24.4 Å².